The first kappa shape index (κ1) is 100.0. The van der Waals surface area contributed by atoms with Crippen LogP contribution >= 0.6 is 64.7 Å². The minimum absolute atomic E-state index is 0.0381. The van der Waals surface area contributed by atoms with E-state index in [-0.39, 0.29) is 36.9 Å². The van der Waals surface area contributed by atoms with Crippen molar-refractivity contribution in [1.29, 1.82) is 0 Å². The van der Waals surface area contributed by atoms with Crippen molar-refractivity contribution in [1.82, 2.24) is 10.6 Å². The summed E-state index contributed by atoms with van der Waals surface area (Å²) < 4.78 is -1.24. The first-order chi connectivity index (χ1) is 57.8. The van der Waals surface area contributed by atoms with Gasteiger partial charge < -0.3 is 46.4 Å². The monoisotopic (exact) mass is 1770 g/mol. The zero-order chi connectivity index (χ0) is 87.6. The van der Waals surface area contributed by atoms with Gasteiger partial charge in [0.05, 0.1) is 57.4 Å². The van der Waals surface area contributed by atoms with Gasteiger partial charge in [0.2, 0.25) is 11.8 Å². The van der Waals surface area contributed by atoms with E-state index in [4.69, 9.17) is 38.2 Å². The van der Waals surface area contributed by atoms with Crippen LogP contribution in [0.15, 0.2) is 273 Å². The second kappa shape index (κ2) is 55.3. The van der Waals surface area contributed by atoms with Crippen LogP contribution in [0, 0.1) is 11.8 Å². The highest BCUT2D eigenvalue weighted by Gasteiger charge is 2.39. The van der Waals surface area contributed by atoms with Crippen LogP contribution in [0.5, 0.6) is 0 Å². The number of hydrogen-bond donors (Lipinski definition) is 11. The smallest absolute Gasteiger partial charge is 0.307 e. The third-order valence-electron chi connectivity index (χ3n) is 19.2. The number of nitrogens with one attached hydrogen (secondary N) is 2. The molecule has 9 rings (SSSR count). The number of thioether (sulfide) groups is 2. The highest BCUT2D eigenvalue weighted by molar-refractivity contribution is 9.09. The summed E-state index contributed by atoms with van der Waals surface area (Å²) in [6.07, 6.45) is 3.73. The van der Waals surface area contributed by atoms with Gasteiger partial charge in [-0.1, -0.05) is 296 Å². The fourth-order valence-electron chi connectivity index (χ4n) is 13.1. The Kier molecular flexibility index (Phi) is 46.1. The van der Waals surface area contributed by atoms with E-state index in [0.29, 0.717) is 43.6 Å². The topological polar surface area (TPSA) is 353 Å². The lowest BCUT2D eigenvalue weighted by Crippen LogP contribution is -2.43. The SMILES string of the molecule is CCC(CC(=O)C(CC(=O)O)NC(=O)CCCCS)C(=O)O.O=C(O)CC(CC(=O)C(CC(=O)O)NC(=O)CCCCSC(c1ccccc1)(c1ccccc1)c1ccccc1)C(=O)O.O=C(O)CCCCBr.O=C(O)CCCCSC(c1ccccc1)(c1ccccc1)c1ccccc1.SC(c1ccccc1)(c1ccccc1)c1ccccc1. The van der Waals surface area contributed by atoms with Gasteiger partial charge in [0.15, 0.2) is 11.6 Å². The highest BCUT2D eigenvalue weighted by atomic mass is 79.9. The van der Waals surface area contributed by atoms with Gasteiger partial charge >= 0.3 is 41.8 Å². The zero-order valence-corrected chi connectivity index (χ0v) is 72.1. The van der Waals surface area contributed by atoms with Crippen LogP contribution in [0.25, 0.3) is 0 Å². The Morgan fingerprint density at radius 2 is 0.575 bits per heavy atom. The molecule has 0 fully saturated rings. The molecule has 0 aliphatic carbocycles. The quantitative estimate of drug-likeness (QED) is 0.00730. The number of carbonyl (C=O) groups is 11. The van der Waals surface area contributed by atoms with Crippen LogP contribution in [0.4, 0.5) is 0 Å². The lowest BCUT2D eigenvalue weighted by molar-refractivity contribution is -0.150. The van der Waals surface area contributed by atoms with E-state index in [1.807, 2.05) is 103 Å². The van der Waals surface area contributed by atoms with Crippen molar-refractivity contribution >= 4 is 130 Å². The third kappa shape index (κ3) is 33.9. The molecule has 0 heterocycles. The van der Waals surface area contributed by atoms with E-state index in [1.54, 1.807) is 18.7 Å². The first-order valence-electron chi connectivity index (χ1n) is 39.6. The number of Topliss-reactive ketones (excluding diaryl/α,β-unsaturated/α-hetero) is 2. The summed E-state index contributed by atoms with van der Waals surface area (Å²) in [5.74, 6) is -10.5. The molecule has 25 heteroatoms. The summed E-state index contributed by atoms with van der Waals surface area (Å²) in [6.45, 7) is 1.63. The van der Waals surface area contributed by atoms with E-state index >= 15 is 0 Å². The molecule has 0 saturated carbocycles. The Labute approximate surface area is 730 Å². The van der Waals surface area contributed by atoms with Crippen molar-refractivity contribution in [2.75, 3.05) is 22.6 Å². The van der Waals surface area contributed by atoms with Crippen molar-refractivity contribution in [2.45, 2.75) is 149 Å². The number of carboxylic acid groups (broad SMARTS) is 7. The van der Waals surface area contributed by atoms with Gasteiger partial charge in [-0.05, 0) is 125 Å². The summed E-state index contributed by atoms with van der Waals surface area (Å²) in [5, 5.41) is 67.9. The normalized spacial score (nSPS) is 11.9. The maximum Gasteiger partial charge on any atom is 0.307 e. The summed E-state index contributed by atoms with van der Waals surface area (Å²) in [5.41, 5.74) is 10.6. The molecule has 636 valence electrons. The zero-order valence-electron chi connectivity index (χ0n) is 67.1. The van der Waals surface area contributed by atoms with Gasteiger partial charge in [-0.2, -0.15) is 25.3 Å². The van der Waals surface area contributed by atoms with E-state index in [2.05, 4.69) is 221 Å². The molecule has 120 heavy (non-hydrogen) atoms. The van der Waals surface area contributed by atoms with Crippen molar-refractivity contribution in [3.63, 3.8) is 0 Å². The molecule has 0 aliphatic heterocycles. The van der Waals surface area contributed by atoms with Crippen molar-refractivity contribution in [3.8, 4) is 0 Å². The lowest BCUT2D eigenvalue weighted by atomic mass is 9.84. The molecule has 2 amide bonds. The second-order valence-corrected chi connectivity index (χ2v) is 32.5. The molecule has 0 aliphatic rings. The van der Waals surface area contributed by atoms with Crippen LogP contribution < -0.4 is 10.6 Å². The molecular weight excluding hydrogens is 1670 g/mol. The number of amides is 2. The first-order valence-corrected chi connectivity index (χ1v) is 43.8. The maximum absolute atomic E-state index is 12.7. The molecule has 4 unspecified atom stereocenters. The number of halogens is 1. The number of ketones is 2. The molecule has 0 bridgehead atoms. The molecule has 4 atom stereocenters. The minimum atomic E-state index is -1.52. The number of hydrogen-bond acceptors (Lipinski definition) is 15. The van der Waals surface area contributed by atoms with Gasteiger partial charge in [-0.15, -0.1) is 23.5 Å². The largest absolute Gasteiger partial charge is 0.481 e. The lowest BCUT2D eigenvalue weighted by Gasteiger charge is -2.35. The molecule has 0 aromatic heterocycles. The van der Waals surface area contributed by atoms with Crippen LogP contribution in [0.2, 0.25) is 0 Å². The molecule has 0 spiro atoms. The fourth-order valence-corrected chi connectivity index (χ4v) is 17.3. The summed E-state index contributed by atoms with van der Waals surface area (Å²) >= 11 is 16.0. The minimum Gasteiger partial charge on any atom is -0.481 e. The van der Waals surface area contributed by atoms with Gasteiger partial charge in [-0.25, -0.2) is 0 Å². The Balaban J connectivity index is 0.000000288. The summed E-state index contributed by atoms with van der Waals surface area (Å²) in [4.78, 5) is 125. The molecule has 9 aromatic carbocycles. The van der Waals surface area contributed by atoms with Crippen molar-refractivity contribution in [2.24, 2.45) is 11.8 Å². The Bertz CT molecular complexity index is 4280. The predicted molar refractivity (Wildman–Crippen MR) is 482 cm³/mol. The van der Waals surface area contributed by atoms with Gasteiger partial charge in [0.25, 0.3) is 0 Å². The number of thiol groups is 2. The summed E-state index contributed by atoms with van der Waals surface area (Å²) in [7, 11) is 0. The number of carboxylic acids is 7. The second-order valence-electron chi connectivity index (χ2n) is 27.9. The molecular formula is C95H107BrN2O18S4. The Morgan fingerprint density at radius 1 is 0.325 bits per heavy atom. The van der Waals surface area contributed by atoms with Crippen LogP contribution in [0.1, 0.15) is 173 Å². The Hall–Kier alpha value is -10.6. The molecule has 9 aromatic rings. The van der Waals surface area contributed by atoms with E-state index in [9.17, 15) is 63.0 Å². The maximum atomic E-state index is 12.7. The van der Waals surface area contributed by atoms with Gasteiger partial charge in [-0.3, -0.25) is 52.7 Å². The third-order valence-corrected chi connectivity index (χ3v) is 24.1. The van der Waals surface area contributed by atoms with Gasteiger partial charge in [0.1, 0.15) is 0 Å². The van der Waals surface area contributed by atoms with Crippen LogP contribution in [-0.2, 0) is 67.0 Å². The number of rotatable bonds is 46. The number of alkyl halides is 1. The van der Waals surface area contributed by atoms with E-state index < -0.39 is 124 Å². The van der Waals surface area contributed by atoms with Crippen molar-refractivity contribution in [3.05, 3.63) is 323 Å². The van der Waals surface area contributed by atoms with Crippen molar-refractivity contribution < 1.29 is 88.5 Å². The standard InChI is InChI=1S/C33H35NO8S.C24H24O2S.C19H16S.C14H23NO6S.C5H9BrO2/c35-28(20-23(32(41)42)21-30(37)38)27(22-31(39)40)34-29(36)18-10-11-19-43-33(24-12-4-1-5-13-24,25-14-6-2-7-15-25)26-16-8-3-9-17-26;25-23(26)18-10-11-19-27-24(20-12-4-1-5-13-20,21-14-6-2-7-15-21)22-16-8-3-9-17-22;20-19(16-10-4-1-5-11-16,17-12-6-2-7-13-17)18-14-8-3-9-15-18;1-2-9(14(20)21)7-11(16)10(8-13(18)19)15-12(17)5-3-4-6-22;6-4-2-1-3-5(7)8/h1-9,12-17,23,27H,10-11,18-22H2,(H,34,36)(H,37,38)(H,39,40)(H,41,42);1-9,12-17H,10-11,18-19H2,(H,25,26);1-15,20H;9-10,22H,2-8H2,1H3,(H,15,17)(H,18,19)(H,20,21);1-4H2,(H,7,8). The fraction of sp³-hybridized carbons (Fsp3) is 0.316. The number of benzene rings is 9. The van der Waals surface area contributed by atoms with E-state index in [1.165, 1.54) is 33.4 Å². The molecule has 0 saturated heterocycles. The average Bonchev–Trinajstić information content (AvgIpc) is 0.773. The molecule has 9 N–H and O–H groups in total. The molecule has 20 nitrogen and oxygen atoms in total. The average molecular weight is 1770 g/mol. The van der Waals surface area contributed by atoms with Crippen LogP contribution in [0.3, 0.4) is 0 Å². The Morgan fingerprint density at radius 3 is 0.817 bits per heavy atom. The molecule has 0 radical (unpaired) electrons. The predicted octanol–water partition coefficient (Wildman–Crippen LogP) is 18.6. The number of unbranched alkanes of at least 4 members (excludes halogenated alkanes) is 4. The number of carbonyl (C=O) groups excluding carboxylic acids is 4. The number of aliphatic carboxylic acids is 7. The highest BCUT2D eigenvalue weighted by Crippen LogP contribution is 2.50. The van der Waals surface area contributed by atoms with Gasteiger partial charge in [0, 0.05) is 43.9 Å². The summed E-state index contributed by atoms with van der Waals surface area (Å²) in [6, 6.07) is 91.0. The van der Waals surface area contributed by atoms with E-state index in [0.717, 1.165) is 53.5 Å². The van der Waals surface area contributed by atoms with Crippen LogP contribution in [-0.4, -0.2) is 136 Å².